The first kappa shape index (κ1) is 40.0. The number of nitrogens with zero attached hydrogens (tertiary/aromatic N) is 2. The number of unbranched alkanes of at least 4 members (excludes halogenated alkanes) is 1. The molecule has 14 heteroatoms. The van der Waals surface area contributed by atoms with Gasteiger partial charge in [0, 0.05) is 65.4 Å². The molecule has 0 aliphatic carbocycles. The van der Waals surface area contributed by atoms with E-state index in [0.29, 0.717) is 25.7 Å². The third kappa shape index (κ3) is 15.8. The van der Waals surface area contributed by atoms with E-state index >= 15 is 0 Å². The highest BCUT2D eigenvalue weighted by Gasteiger charge is 2.14. The molecule has 8 N–H and O–H groups in total. The predicted molar refractivity (Wildman–Crippen MR) is 204 cm³/mol. The number of nitrogens with one attached hydrogen (secondary N) is 8. The number of amides is 2. The number of thioether (sulfide) groups is 2. The van der Waals surface area contributed by atoms with Crippen LogP contribution in [-0.4, -0.2) is 94.4 Å². The topological polar surface area (TPSA) is 184 Å². The van der Waals surface area contributed by atoms with Crippen LogP contribution in [0.15, 0.2) is 48.5 Å². The van der Waals surface area contributed by atoms with Crippen molar-refractivity contribution in [1.29, 1.82) is 21.6 Å². The van der Waals surface area contributed by atoms with Crippen LogP contribution in [0, 0.1) is 21.6 Å². The van der Waals surface area contributed by atoms with E-state index in [2.05, 4.69) is 43.2 Å². The summed E-state index contributed by atoms with van der Waals surface area (Å²) in [5, 5.41) is 44.9. The van der Waals surface area contributed by atoms with Gasteiger partial charge in [0.1, 0.15) is 0 Å². The maximum Gasteiger partial charge on any atom is 0.230 e. The molecule has 2 heterocycles. The minimum absolute atomic E-state index is 0. The van der Waals surface area contributed by atoms with Gasteiger partial charge >= 0.3 is 0 Å². The highest BCUT2D eigenvalue weighted by Crippen LogP contribution is 2.16. The summed E-state index contributed by atoms with van der Waals surface area (Å²) < 4.78 is 0. The summed E-state index contributed by atoms with van der Waals surface area (Å²) in [5.41, 5.74) is 4.12. The number of carbonyl (C=O) groups is 2. The average molecular weight is 709 g/mol. The van der Waals surface area contributed by atoms with E-state index in [1.807, 2.05) is 36.4 Å². The Labute approximate surface area is 299 Å². The SMILES string of the molecule is C.N=C(CCCCC(=N)SC(=N)NC(=O)Cc1cccc(CN2CCNCC2)c1)SC(=N)NC(=O)Cc1cccc(CN2CCNCC2)c1. The maximum atomic E-state index is 12.5. The standard InChI is InChI=1S/C34H48N10O2S2.CH4/c35-29(47-33(37)41-31(45)21-25-5-3-7-27(19-25)23-43-15-11-39-12-16-43)9-1-2-10-30(36)48-34(38)42-32(46)22-26-6-4-8-28(20-26)24-44-17-13-40-14-18-44;/h3-8,19-20,35-36,39-40H,1-2,9-18,21-24H2,(H2,37,41,45)(H2,38,42,46);1H4. The molecule has 0 radical (unpaired) electrons. The van der Waals surface area contributed by atoms with Crippen LogP contribution >= 0.6 is 23.5 Å². The van der Waals surface area contributed by atoms with Crippen molar-refractivity contribution >= 4 is 55.8 Å². The van der Waals surface area contributed by atoms with E-state index in [1.54, 1.807) is 0 Å². The van der Waals surface area contributed by atoms with Gasteiger partial charge in [-0.1, -0.05) is 56.0 Å². The molecule has 2 aromatic rings. The lowest BCUT2D eigenvalue weighted by molar-refractivity contribution is -0.119. The van der Waals surface area contributed by atoms with E-state index < -0.39 is 0 Å². The second-order valence-electron chi connectivity index (χ2n) is 12.1. The summed E-state index contributed by atoms with van der Waals surface area (Å²) in [6, 6.07) is 16.0. The number of benzene rings is 2. The van der Waals surface area contributed by atoms with Crippen LogP contribution in [-0.2, 0) is 35.5 Å². The highest BCUT2D eigenvalue weighted by atomic mass is 32.2. The summed E-state index contributed by atoms with van der Waals surface area (Å²) in [6.07, 6.45) is 2.48. The fourth-order valence-electron chi connectivity index (χ4n) is 5.61. The summed E-state index contributed by atoms with van der Waals surface area (Å²) in [4.78, 5) is 29.9. The minimum atomic E-state index is -0.279. The Hall–Kier alpha value is -3.40. The van der Waals surface area contributed by atoms with E-state index in [9.17, 15) is 9.59 Å². The number of amidine groups is 2. The van der Waals surface area contributed by atoms with Crippen molar-refractivity contribution < 1.29 is 9.59 Å². The number of hydrogen-bond donors (Lipinski definition) is 8. The van der Waals surface area contributed by atoms with Gasteiger partial charge in [0.05, 0.1) is 22.9 Å². The number of carbonyl (C=O) groups excluding carboxylic acids is 2. The molecule has 2 aliphatic rings. The lowest BCUT2D eigenvalue weighted by Crippen LogP contribution is -2.42. The van der Waals surface area contributed by atoms with Crippen LogP contribution in [0.4, 0.5) is 0 Å². The Kier molecular flexibility index (Phi) is 17.7. The van der Waals surface area contributed by atoms with Gasteiger partial charge in [0.15, 0.2) is 10.3 Å². The quantitative estimate of drug-likeness (QED) is 0.0873. The summed E-state index contributed by atoms with van der Waals surface area (Å²) >= 11 is 1.86. The fourth-order valence-corrected chi connectivity index (χ4v) is 6.93. The summed E-state index contributed by atoms with van der Waals surface area (Å²) in [5.74, 6) is -0.557. The van der Waals surface area contributed by atoms with Gasteiger partial charge in [-0.15, -0.1) is 0 Å². The highest BCUT2D eigenvalue weighted by molar-refractivity contribution is 8.26. The first-order valence-corrected chi connectivity index (χ1v) is 18.1. The zero-order chi connectivity index (χ0) is 34.1. The Balaban J connectivity index is 0.00000650. The van der Waals surface area contributed by atoms with Crippen molar-refractivity contribution in [2.24, 2.45) is 0 Å². The molecule has 0 unspecified atom stereocenters. The molecule has 2 aromatic carbocycles. The first-order valence-electron chi connectivity index (χ1n) is 16.5. The van der Waals surface area contributed by atoms with Crippen molar-refractivity contribution in [3.63, 3.8) is 0 Å². The van der Waals surface area contributed by atoms with Gasteiger partial charge in [0.25, 0.3) is 0 Å². The molecule has 2 saturated heterocycles. The van der Waals surface area contributed by atoms with Crippen LogP contribution in [0.5, 0.6) is 0 Å². The van der Waals surface area contributed by atoms with Gasteiger partial charge in [-0.2, -0.15) is 0 Å². The van der Waals surface area contributed by atoms with Crippen molar-refractivity contribution in [1.82, 2.24) is 31.1 Å². The van der Waals surface area contributed by atoms with E-state index in [0.717, 1.165) is 100 Å². The smallest absolute Gasteiger partial charge is 0.230 e. The first-order chi connectivity index (χ1) is 23.2. The molecule has 0 bridgehead atoms. The van der Waals surface area contributed by atoms with Gasteiger partial charge in [0.2, 0.25) is 11.8 Å². The molecule has 2 amide bonds. The molecular weight excluding hydrogens is 657 g/mol. The van der Waals surface area contributed by atoms with Gasteiger partial charge in [-0.25, -0.2) is 0 Å². The lowest BCUT2D eigenvalue weighted by atomic mass is 10.1. The third-order valence-corrected chi connectivity index (χ3v) is 9.47. The number of hydrogen-bond acceptors (Lipinski definition) is 12. The van der Waals surface area contributed by atoms with Crippen molar-refractivity contribution in [3.05, 3.63) is 70.8 Å². The summed E-state index contributed by atoms with van der Waals surface area (Å²) in [7, 11) is 0. The Bertz CT molecular complexity index is 1330. The Morgan fingerprint density at radius 3 is 1.39 bits per heavy atom. The van der Waals surface area contributed by atoms with Crippen LogP contribution in [0.3, 0.4) is 0 Å². The van der Waals surface area contributed by atoms with Crippen LogP contribution in [0.2, 0.25) is 0 Å². The zero-order valence-electron chi connectivity index (χ0n) is 27.5. The van der Waals surface area contributed by atoms with Gasteiger partial charge < -0.3 is 21.3 Å². The molecule has 12 nitrogen and oxygen atoms in total. The predicted octanol–water partition coefficient (Wildman–Crippen LogP) is 4.00. The Morgan fingerprint density at radius 1 is 0.633 bits per heavy atom. The monoisotopic (exact) mass is 708 g/mol. The molecule has 49 heavy (non-hydrogen) atoms. The maximum absolute atomic E-state index is 12.5. The van der Waals surface area contributed by atoms with Gasteiger partial charge in [-0.05, 0) is 71.5 Å². The second kappa shape index (κ2) is 21.6. The van der Waals surface area contributed by atoms with Crippen molar-refractivity contribution in [2.75, 3.05) is 52.4 Å². The lowest BCUT2D eigenvalue weighted by Gasteiger charge is -2.27. The minimum Gasteiger partial charge on any atom is -0.314 e. The van der Waals surface area contributed by atoms with Crippen LogP contribution in [0.25, 0.3) is 0 Å². The largest absolute Gasteiger partial charge is 0.314 e. The average Bonchev–Trinajstić information content (AvgIpc) is 3.04. The Morgan fingerprint density at radius 2 is 1.00 bits per heavy atom. The van der Waals surface area contributed by atoms with Crippen molar-refractivity contribution in [3.8, 4) is 0 Å². The summed E-state index contributed by atoms with van der Waals surface area (Å²) in [6.45, 7) is 9.67. The molecular formula is C35H52N10O2S2. The third-order valence-electron chi connectivity index (χ3n) is 7.96. The number of piperazine rings is 2. The van der Waals surface area contributed by atoms with Gasteiger partial charge in [-0.3, -0.25) is 41.0 Å². The molecule has 0 spiro atoms. The zero-order valence-corrected chi connectivity index (χ0v) is 29.1. The van der Waals surface area contributed by atoms with Crippen molar-refractivity contribution in [2.45, 2.75) is 59.0 Å². The molecule has 0 atom stereocenters. The van der Waals surface area contributed by atoms with E-state index in [1.165, 1.54) is 11.1 Å². The van der Waals surface area contributed by atoms with Crippen LogP contribution < -0.4 is 21.3 Å². The van der Waals surface area contributed by atoms with E-state index in [4.69, 9.17) is 21.6 Å². The molecule has 2 fully saturated rings. The normalized spacial score (nSPS) is 15.1. The number of rotatable bonds is 13. The van der Waals surface area contributed by atoms with Crippen LogP contribution in [0.1, 0.15) is 55.4 Å². The molecule has 0 aromatic heterocycles. The molecule has 2 aliphatic heterocycles. The molecule has 0 saturated carbocycles. The van der Waals surface area contributed by atoms with E-state index in [-0.39, 0.29) is 52.5 Å². The molecule has 266 valence electrons. The molecule has 4 rings (SSSR count). The second-order valence-corrected chi connectivity index (χ2v) is 14.3. The fraction of sp³-hybridized carbons (Fsp3) is 0.486.